The summed E-state index contributed by atoms with van der Waals surface area (Å²) >= 11 is 0. The summed E-state index contributed by atoms with van der Waals surface area (Å²) in [4.78, 5) is 0. The molecule has 0 amide bonds. The van der Waals surface area contributed by atoms with E-state index >= 15 is 0 Å². The molecular weight excluding hydrogens is 244 g/mol. The van der Waals surface area contributed by atoms with Crippen LogP contribution < -0.4 is 5.32 Å². The number of anilines is 1. The molecule has 1 unspecified atom stereocenters. The number of halogens is 2. The molecule has 1 atom stereocenters. The highest BCUT2D eigenvalue weighted by atomic mass is 19.1. The normalized spacial score (nSPS) is 12.2. The van der Waals surface area contributed by atoms with E-state index < -0.39 is 11.6 Å². The molecule has 0 spiro atoms. The molecule has 0 aliphatic heterocycles. The van der Waals surface area contributed by atoms with Crippen LogP contribution in [-0.4, -0.2) is 6.54 Å². The molecule has 0 aromatic heterocycles. The van der Waals surface area contributed by atoms with E-state index in [1.807, 2.05) is 18.2 Å². The highest BCUT2D eigenvalue weighted by Crippen LogP contribution is 2.20. The van der Waals surface area contributed by atoms with E-state index in [2.05, 4.69) is 24.4 Å². The van der Waals surface area contributed by atoms with Gasteiger partial charge in [0, 0.05) is 12.6 Å². The molecule has 0 radical (unpaired) electrons. The van der Waals surface area contributed by atoms with E-state index in [-0.39, 0.29) is 0 Å². The van der Waals surface area contributed by atoms with Gasteiger partial charge in [0.05, 0.1) is 5.69 Å². The number of hydrogen-bond donors (Lipinski definition) is 1. The minimum absolute atomic E-state index is 0.349. The second-order valence-corrected chi connectivity index (χ2v) is 4.65. The van der Waals surface area contributed by atoms with Crippen molar-refractivity contribution in [3.05, 3.63) is 65.7 Å². The van der Waals surface area contributed by atoms with Crippen LogP contribution in [0.4, 0.5) is 14.5 Å². The van der Waals surface area contributed by atoms with E-state index in [0.717, 1.165) is 12.5 Å². The van der Waals surface area contributed by atoms with E-state index in [4.69, 9.17) is 0 Å². The summed E-state index contributed by atoms with van der Waals surface area (Å²) < 4.78 is 26.1. The minimum atomic E-state index is -0.555. The second kappa shape index (κ2) is 6.32. The molecule has 0 saturated carbocycles. The highest BCUT2D eigenvalue weighted by molar-refractivity contribution is 5.44. The fraction of sp³-hybridized carbons (Fsp3) is 0.250. The quantitative estimate of drug-likeness (QED) is 0.831. The van der Waals surface area contributed by atoms with Crippen molar-refractivity contribution in [2.45, 2.75) is 19.3 Å². The average Bonchev–Trinajstić information content (AvgIpc) is 2.42. The molecule has 2 aromatic rings. The molecule has 2 rings (SSSR count). The Bertz CT molecular complexity index is 526. The number of benzene rings is 2. The molecule has 0 heterocycles. The largest absolute Gasteiger partial charge is 0.383 e. The van der Waals surface area contributed by atoms with Crippen LogP contribution in [0.3, 0.4) is 0 Å². The smallest absolute Gasteiger partial charge is 0.149 e. The molecule has 0 aliphatic carbocycles. The Morgan fingerprint density at radius 2 is 1.79 bits per heavy atom. The fourth-order valence-corrected chi connectivity index (χ4v) is 2.00. The van der Waals surface area contributed by atoms with Gasteiger partial charge >= 0.3 is 0 Å². The zero-order valence-corrected chi connectivity index (χ0v) is 10.9. The van der Waals surface area contributed by atoms with Crippen molar-refractivity contribution in [3.8, 4) is 0 Å². The maximum Gasteiger partial charge on any atom is 0.149 e. The van der Waals surface area contributed by atoms with Gasteiger partial charge in [-0.25, -0.2) is 8.78 Å². The van der Waals surface area contributed by atoms with Gasteiger partial charge in [0.2, 0.25) is 0 Å². The third-order valence-corrected chi connectivity index (χ3v) is 3.19. The molecule has 0 aliphatic rings. The van der Waals surface area contributed by atoms with Crippen molar-refractivity contribution in [3.63, 3.8) is 0 Å². The molecule has 2 aromatic carbocycles. The summed E-state index contributed by atoms with van der Waals surface area (Å²) in [6.07, 6.45) is 0.890. The van der Waals surface area contributed by atoms with Crippen LogP contribution in [0.15, 0.2) is 48.5 Å². The Labute approximate surface area is 112 Å². The van der Waals surface area contributed by atoms with Crippen molar-refractivity contribution in [2.75, 3.05) is 11.9 Å². The molecule has 19 heavy (non-hydrogen) atoms. The van der Waals surface area contributed by atoms with Crippen molar-refractivity contribution < 1.29 is 8.78 Å². The zero-order chi connectivity index (χ0) is 13.7. The van der Waals surface area contributed by atoms with Gasteiger partial charge in [-0.3, -0.25) is 0 Å². The van der Waals surface area contributed by atoms with E-state index in [0.29, 0.717) is 18.2 Å². The highest BCUT2D eigenvalue weighted by Gasteiger charge is 2.06. The molecule has 3 heteroatoms. The summed E-state index contributed by atoms with van der Waals surface area (Å²) in [7, 11) is 0. The van der Waals surface area contributed by atoms with Gasteiger partial charge in [0.1, 0.15) is 11.6 Å². The Morgan fingerprint density at radius 3 is 2.47 bits per heavy atom. The van der Waals surface area contributed by atoms with Crippen LogP contribution in [0.1, 0.15) is 24.8 Å². The Morgan fingerprint density at radius 1 is 1.05 bits per heavy atom. The third kappa shape index (κ3) is 3.78. The van der Waals surface area contributed by atoms with Gasteiger partial charge in [-0.15, -0.1) is 0 Å². The topological polar surface area (TPSA) is 12.0 Å². The van der Waals surface area contributed by atoms with Crippen molar-refractivity contribution >= 4 is 5.69 Å². The van der Waals surface area contributed by atoms with Crippen LogP contribution in [-0.2, 0) is 0 Å². The fourth-order valence-electron chi connectivity index (χ4n) is 2.00. The lowest BCUT2D eigenvalue weighted by Crippen LogP contribution is -2.07. The molecule has 100 valence electrons. The van der Waals surface area contributed by atoms with E-state index in [1.54, 1.807) is 0 Å². The van der Waals surface area contributed by atoms with Gasteiger partial charge < -0.3 is 5.32 Å². The first-order chi connectivity index (χ1) is 9.16. The van der Waals surface area contributed by atoms with Crippen LogP contribution in [0, 0.1) is 11.6 Å². The lowest BCUT2D eigenvalue weighted by atomic mass is 9.98. The van der Waals surface area contributed by atoms with Gasteiger partial charge in [0.15, 0.2) is 0 Å². The molecule has 1 N–H and O–H groups in total. The van der Waals surface area contributed by atoms with Crippen molar-refractivity contribution in [1.82, 2.24) is 0 Å². The van der Waals surface area contributed by atoms with Crippen LogP contribution in [0.2, 0.25) is 0 Å². The summed E-state index contributed by atoms with van der Waals surface area (Å²) in [5.41, 5.74) is 1.62. The van der Waals surface area contributed by atoms with Gasteiger partial charge in [-0.05, 0) is 30.0 Å². The van der Waals surface area contributed by atoms with Gasteiger partial charge in [0.25, 0.3) is 0 Å². The maximum absolute atomic E-state index is 13.4. The predicted octanol–water partition coefficient (Wildman–Crippen LogP) is 4.57. The molecular formula is C16H17F2N. The van der Waals surface area contributed by atoms with Crippen LogP contribution in [0.5, 0.6) is 0 Å². The van der Waals surface area contributed by atoms with Crippen molar-refractivity contribution in [1.29, 1.82) is 0 Å². The summed E-state index contributed by atoms with van der Waals surface area (Å²) in [6.45, 7) is 2.79. The first kappa shape index (κ1) is 13.5. The predicted molar refractivity (Wildman–Crippen MR) is 74.3 cm³/mol. The minimum Gasteiger partial charge on any atom is -0.383 e. The standard InChI is InChI=1S/C16H17F2N/c1-12(13-5-3-2-4-6-13)9-10-19-16-8-7-14(17)11-15(16)18/h2-8,11-12,19H,9-10H2,1H3. The number of rotatable bonds is 5. The first-order valence-corrected chi connectivity index (χ1v) is 6.40. The van der Waals surface area contributed by atoms with Crippen LogP contribution in [0.25, 0.3) is 0 Å². The second-order valence-electron chi connectivity index (χ2n) is 4.65. The third-order valence-electron chi connectivity index (χ3n) is 3.19. The zero-order valence-electron chi connectivity index (χ0n) is 10.9. The van der Waals surface area contributed by atoms with E-state index in [9.17, 15) is 8.78 Å². The van der Waals surface area contributed by atoms with Gasteiger partial charge in [-0.1, -0.05) is 37.3 Å². The number of hydrogen-bond acceptors (Lipinski definition) is 1. The monoisotopic (exact) mass is 261 g/mol. The molecule has 0 fully saturated rings. The molecule has 1 nitrogen and oxygen atoms in total. The summed E-state index contributed by atoms with van der Waals surface area (Å²) in [6, 6.07) is 13.8. The average molecular weight is 261 g/mol. The Balaban J connectivity index is 1.86. The maximum atomic E-state index is 13.4. The Hall–Kier alpha value is -1.90. The summed E-state index contributed by atoms with van der Waals surface area (Å²) in [5.74, 6) is -0.703. The van der Waals surface area contributed by atoms with Crippen LogP contribution >= 0.6 is 0 Å². The first-order valence-electron chi connectivity index (χ1n) is 6.40. The van der Waals surface area contributed by atoms with Crippen molar-refractivity contribution in [2.24, 2.45) is 0 Å². The lowest BCUT2D eigenvalue weighted by molar-refractivity contribution is 0.584. The summed E-state index contributed by atoms with van der Waals surface area (Å²) in [5, 5.41) is 3.00. The number of nitrogens with one attached hydrogen (secondary N) is 1. The SMILES string of the molecule is CC(CCNc1ccc(F)cc1F)c1ccccc1. The van der Waals surface area contributed by atoms with E-state index in [1.165, 1.54) is 17.7 Å². The molecule has 0 saturated heterocycles. The Kier molecular flexibility index (Phi) is 4.50. The lowest BCUT2D eigenvalue weighted by Gasteiger charge is -2.13. The van der Waals surface area contributed by atoms with Gasteiger partial charge in [-0.2, -0.15) is 0 Å². The molecule has 0 bridgehead atoms.